The van der Waals surface area contributed by atoms with Gasteiger partial charge in [0.1, 0.15) is 5.78 Å². The molecule has 0 spiro atoms. The summed E-state index contributed by atoms with van der Waals surface area (Å²) in [6.07, 6.45) is 4.35. The van der Waals surface area contributed by atoms with Crippen molar-refractivity contribution in [1.82, 2.24) is 0 Å². The number of ketones is 1. The second kappa shape index (κ2) is 7.41. The van der Waals surface area contributed by atoms with Crippen LogP contribution in [0.1, 0.15) is 60.3 Å². The van der Waals surface area contributed by atoms with Gasteiger partial charge >= 0.3 is 0 Å². The third kappa shape index (κ3) is 4.62. The highest BCUT2D eigenvalue weighted by molar-refractivity contribution is 14.1. The molecular formula is C15H31IOSi. The Labute approximate surface area is 129 Å². The van der Waals surface area contributed by atoms with E-state index >= 15 is 0 Å². The van der Waals surface area contributed by atoms with Gasteiger partial charge in [-0.25, -0.2) is 0 Å². The first-order valence-corrected chi connectivity index (χ1v) is 11.6. The van der Waals surface area contributed by atoms with Crippen LogP contribution >= 0.6 is 22.6 Å². The quantitative estimate of drug-likeness (QED) is 0.307. The Bertz CT molecular complexity index is 268. The van der Waals surface area contributed by atoms with Gasteiger partial charge in [0.25, 0.3) is 0 Å². The fourth-order valence-corrected chi connectivity index (χ4v) is 6.65. The molecule has 0 aliphatic rings. The zero-order chi connectivity index (χ0) is 14.6. The zero-order valence-corrected chi connectivity index (χ0v) is 16.4. The first-order valence-electron chi connectivity index (χ1n) is 7.27. The van der Waals surface area contributed by atoms with Gasteiger partial charge in [-0.1, -0.05) is 83.1 Å². The molecule has 0 fully saturated rings. The minimum atomic E-state index is -1.56. The topological polar surface area (TPSA) is 17.1 Å². The van der Waals surface area contributed by atoms with E-state index in [2.05, 4.69) is 70.3 Å². The summed E-state index contributed by atoms with van der Waals surface area (Å²) in [5, 5.41) is 0.297. The molecule has 0 saturated carbocycles. The number of halogens is 1. The maximum absolute atomic E-state index is 12.7. The summed E-state index contributed by atoms with van der Waals surface area (Å²) in [5.74, 6) is 0.533. The monoisotopic (exact) mass is 382 g/mol. The summed E-state index contributed by atoms with van der Waals surface area (Å²) in [4.78, 5) is 12.7. The Kier molecular flexibility index (Phi) is 7.67. The van der Waals surface area contributed by atoms with Crippen LogP contribution in [0.2, 0.25) is 23.7 Å². The zero-order valence-electron chi connectivity index (χ0n) is 13.3. The Morgan fingerprint density at radius 3 is 1.89 bits per heavy atom. The molecule has 0 bridgehead atoms. The number of carbonyl (C=O) groups is 1. The van der Waals surface area contributed by atoms with Crippen molar-refractivity contribution >= 4 is 36.4 Å². The number of rotatable bonds is 7. The second-order valence-corrected chi connectivity index (χ2v) is 14.1. The smallest absolute Gasteiger partial charge is 0.146 e. The Morgan fingerprint density at radius 1 is 1.11 bits per heavy atom. The van der Waals surface area contributed by atoms with Crippen LogP contribution in [0, 0.1) is 0 Å². The first kappa shape index (κ1) is 18.6. The molecular weight excluding hydrogens is 351 g/mol. The Balaban J connectivity index is 5.13. The van der Waals surface area contributed by atoms with Crippen molar-refractivity contribution in [2.75, 3.05) is 0 Å². The Hall–Kier alpha value is 0.617. The lowest BCUT2D eigenvalue weighted by Crippen LogP contribution is -2.47. The third-order valence-corrected chi connectivity index (χ3v) is 12.0. The SMILES string of the molecule is CCC[C@@H](I)C(=O)[C@@H](CCC)[Si](C)(C)C(C)(C)C. The van der Waals surface area contributed by atoms with Gasteiger partial charge in [0.15, 0.2) is 0 Å². The third-order valence-electron chi connectivity index (χ3n) is 4.58. The van der Waals surface area contributed by atoms with E-state index in [1.54, 1.807) is 0 Å². The van der Waals surface area contributed by atoms with E-state index in [1.165, 1.54) is 0 Å². The van der Waals surface area contributed by atoms with Crippen molar-refractivity contribution < 1.29 is 4.79 Å². The minimum absolute atomic E-state index is 0.221. The summed E-state index contributed by atoms with van der Waals surface area (Å²) in [6.45, 7) is 16.1. The molecule has 0 aliphatic heterocycles. The van der Waals surface area contributed by atoms with Crippen molar-refractivity contribution in [3.8, 4) is 0 Å². The molecule has 108 valence electrons. The van der Waals surface area contributed by atoms with Gasteiger partial charge < -0.3 is 0 Å². The molecule has 2 atom stereocenters. The second-order valence-electron chi connectivity index (χ2n) is 6.97. The van der Waals surface area contributed by atoms with Crippen LogP contribution in [0.15, 0.2) is 0 Å². The maximum Gasteiger partial charge on any atom is 0.146 e. The lowest BCUT2D eigenvalue weighted by molar-refractivity contribution is -0.118. The van der Waals surface area contributed by atoms with E-state index in [4.69, 9.17) is 0 Å². The van der Waals surface area contributed by atoms with E-state index in [9.17, 15) is 4.79 Å². The molecule has 0 rings (SSSR count). The molecule has 0 heterocycles. The number of alkyl halides is 1. The van der Waals surface area contributed by atoms with Crippen LogP contribution in [-0.4, -0.2) is 17.8 Å². The van der Waals surface area contributed by atoms with Crippen LogP contribution in [0.4, 0.5) is 0 Å². The van der Waals surface area contributed by atoms with Gasteiger partial charge in [0.05, 0.1) is 12.0 Å². The summed E-state index contributed by atoms with van der Waals surface area (Å²) in [5.41, 5.74) is 0.330. The van der Waals surface area contributed by atoms with Gasteiger partial charge in [-0.2, -0.15) is 0 Å². The molecule has 1 nitrogen and oxygen atoms in total. The van der Waals surface area contributed by atoms with E-state index in [0.29, 0.717) is 16.4 Å². The number of hydrogen-bond acceptors (Lipinski definition) is 1. The highest BCUT2D eigenvalue weighted by Gasteiger charge is 2.45. The Morgan fingerprint density at radius 2 is 1.56 bits per heavy atom. The van der Waals surface area contributed by atoms with Crippen molar-refractivity contribution in [1.29, 1.82) is 0 Å². The molecule has 0 aromatic heterocycles. The predicted molar refractivity (Wildman–Crippen MR) is 93.6 cm³/mol. The van der Waals surface area contributed by atoms with Crippen LogP contribution in [-0.2, 0) is 4.79 Å². The lowest BCUT2D eigenvalue weighted by atomic mass is 10.1. The summed E-state index contributed by atoms with van der Waals surface area (Å²) in [7, 11) is -1.56. The van der Waals surface area contributed by atoms with Gasteiger partial charge in [0, 0.05) is 5.54 Å². The molecule has 0 aromatic carbocycles. The highest BCUT2D eigenvalue weighted by atomic mass is 127. The largest absolute Gasteiger partial charge is 0.299 e. The van der Waals surface area contributed by atoms with Gasteiger partial charge in [-0.05, 0) is 17.9 Å². The molecule has 3 heteroatoms. The van der Waals surface area contributed by atoms with Crippen LogP contribution in [0.3, 0.4) is 0 Å². The molecule has 0 aromatic rings. The fraction of sp³-hybridized carbons (Fsp3) is 0.933. The highest BCUT2D eigenvalue weighted by Crippen LogP contribution is 2.46. The molecule has 0 N–H and O–H groups in total. The van der Waals surface area contributed by atoms with E-state index in [0.717, 1.165) is 25.7 Å². The molecule has 0 radical (unpaired) electrons. The lowest BCUT2D eigenvalue weighted by Gasteiger charge is -2.43. The molecule has 0 saturated heterocycles. The van der Waals surface area contributed by atoms with Crippen molar-refractivity contribution in [2.45, 2.75) is 87.9 Å². The average molecular weight is 382 g/mol. The van der Waals surface area contributed by atoms with Gasteiger partial charge in [-0.3, -0.25) is 4.79 Å². The van der Waals surface area contributed by atoms with Crippen LogP contribution in [0.25, 0.3) is 0 Å². The number of carbonyl (C=O) groups excluding carboxylic acids is 1. The number of hydrogen-bond donors (Lipinski definition) is 0. The fourth-order valence-electron chi connectivity index (χ4n) is 2.28. The minimum Gasteiger partial charge on any atom is -0.299 e. The van der Waals surface area contributed by atoms with Crippen LogP contribution in [0.5, 0.6) is 0 Å². The van der Waals surface area contributed by atoms with E-state index < -0.39 is 8.07 Å². The standard InChI is InChI=1S/C15H31IOSi/c1-8-10-12(16)14(17)13(11-9-2)18(6,7)15(3,4)5/h12-13H,8-11H2,1-7H3/t12-,13-/m1/s1. The molecule has 0 unspecified atom stereocenters. The first-order chi connectivity index (χ1) is 8.09. The summed E-state index contributed by atoms with van der Waals surface area (Å²) < 4.78 is 0.221. The van der Waals surface area contributed by atoms with Crippen molar-refractivity contribution in [2.24, 2.45) is 0 Å². The van der Waals surface area contributed by atoms with E-state index in [1.807, 2.05) is 0 Å². The molecule has 0 amide bonds. The molecule has 0 aliphatic carbocycles. The van der Waals surface area contributed by atoms with Crippen molar-refractivity contribution in [3.05, 3.63) is 0 Å². The van der Waals surface area contributed by atoms with Crippen LogP contribution < -0.4 is 0 Å². The molecule has 18 heavy (non-hydrogen) atoms. The van der Waals surface area contributed by atoms with Crippen molar-refractivity contribution in [3.63, 3.8) is 0 Å². The number of Topliss-reactive ketones (excluding diaryl/α,β-unsaturated/α-hetero) is 1. The predicted octanol–water partition coefficient (Wildman–Crippen LogP) is 5.84. The van der Waals surface area contributed by atoms with E-state index in [-0.39, 0.29) is 3.92 Å². The average Bonchev–Trinajstić information content (AvgIpc) is 2.23. The summed E-state index contributed by atoms with van der Waals surface area (Å²) >= 11 is 2.36. The van der Waals surface area contributed by atoms with Gasteiger partial charge in [-0.15, -0.1) is 0 Å². The normalized spacial score (nSPS) is 16.4. The maximum atomic E-state index is 12.7. The summed E-state index contributed by atoms with van der Waals surface area (Å²) in [6, 6.07) is 0. The van der Waals surface area contributed by atoms with Gasteiger partial charge in [0.2, 0.25) is 0 Å².